The highest BCUT2D eigenvalue weighted by atomic mass is 127. The van der Waals surface area contributed by atoms with Crippen molar-refractivity contribution in [3.63, 3.8) is 0 Å². The van der Waals surface area contributed by atoms with E-state index in [9.17, 15) is 4.79 Å². The minimum Gasteiger partial charge on any atom is -0.296 e. The molecule has 0 aromatic carbocycles. The van der Waals surface area contributed by atoms with Gasteiger partial charge in [0, 0.05) is 12.7 Å². The number of unbranched alkanes of at least 4 members (excludes halogenated alkanes) is 1. The van der Waals surface area contributed by atoms with E-state index in [2.05, 4.69) is 11.9 Å². The Labute approximate surface area is 91.3 Å². The van der Waals surface area contributed by atoms with Gasteiger partial charge in [-0.05, 0) is 35.9 Å². The first-order valence-corrected chi connectivity index (χ1v) is 5.46. The first kappa shape index (κ1) is 10.7. The Morgan fingerprint density at radius 3 is 2.92 bits per heavy atom. The van der Waals surface area contributed by atoms with Gasteiger partial charge in [0.2, 0.25) is 0 Å². The van der Waals surface area contributed by atoms with E-state index in [-0.39, 0.29) is 5.56 Å². The normalized spacial score (nSPS) is 10.4. The maximum absolute atomic E-state index is 11.6. The summed E-state index contributed by atoms with van der Waals surface area (Å²) >= 11 is 2.02. The first-order chi connectivity index (χ1) is 6.16. The van der Waals surface area contributed by atoms with Crippen LogP contribution < -0.4 is 5.56 Å². The Morgan fingerprint density at radius 1 is 1.62 bits per heavy atom. The van der Waals surface area contributed by atoms with Crippen molar-refractivity contribution in [3.8, 4) is 0 Å². The molecule has 0 N–H and O–H groups in total. The zero-order valence-corrected chi connectivity index (χ0v) is 10.0. The molecule has 0 radical (unpaired) electrons. The van der Waals surface area contributed by atoms with Gasteiger partial charge in [-0.1, -0.05) is 13.3 Å². The van der Waals surface area contributed by atoms with Crippen LogP contribution in [0.3, 0.4) is 0 Å². The van der Waals surface area contributed by atoms with E-state index in [4.69, 9.17) is 0 Å². The highest BCUT2D eigenvalue weighted by molar-refractivity contribution is 14.1. The molecule has 0 fully saturated rings. The molecule has 0 spiro atoms. The molecule has 72 valence electrons. The molecule has 0 aliphatic heterocycles. The van der Waals surface area contributed by atoms with Crippen LogP contribution in [0.2, 0.25) is 0 Å². The lowest BCUT2D eigenvalue weighted by molar-refractivity contribution is 0.582. The fraction of sp³-hybridized carbons (Fsp3) is 0.556. The topological polar surface area (TPSA) is 34.9 Å². The quantitative estimate of drug-likeness (QED) is 0.798. The molecule has 4 heteroatoms. The van der Waals surface area contributed by atoms with E-state index in [0.717, 1.165) is 25.2 Å². The summed E-state index contributed by atoms with van der Waals surface area (Å²) in [5.74, 6) is 0.805. The van der Waals surface area contributed by atoms with Gasteiger partial charge in [-0.25, -0.2) is 4.98 Å². The largest absolute Gasteiger partial charge is 0.296 e. The molecule has 0 aliphatic rings. The summed E-state index contributed by atoms with van der Waals surface area (Å²) in [7, 11) is 0. The van der Waals surface area contributed by atoms with Crippen molar-refractivity contribution < 1.29 is 0 Å². The van der Waals surface area contributed by atoms with E-state index in [1.807, 2.05) is 29.5 Å². The summed E-state index contributed by atoms with van der Waals surface area (Å²) in [6.45, 7) is 4.76. The van der Waals surface area contributed by atoms with Crippen LogP contribution in [0.5, 0.6) is 0 Å². The van der Waals surface area contributed by atoms with Crippen molar-refractivity contribution in [2.75, 3.05) is 0 Å². The highest BCUT2D eigenvalue weighted by Crippen LogP contribution is 1.99. The van der Waals surface area contributed by atoms with Crippen molar-refractivity contribution in [1.29, 1.82) is 0 Å². The Hall–Kier alpha value is -0.390. The number of halogens is 1. The summed E-state index contributed by atoms with van der Waals surface area (Å²) in [6.07, 6.45) is 3.75. The molecule has 13 heavy (non-hydrogen) atoms. The van der Waals surface area contributed by atoms with Gasteiger partial charge >= 0.3 is 0 Å². The number of aromatic nitrogens is 2. The van der Waals surface area contributed by atoms with Gasteiger partial charge in [0.1, 0.15) is 5.82 Å². The van der Waals surface area contributed by atoms with Gasteiger partial charge in [-0.2, -0.15) is 0 Å². The van der Waals surface area contributed by atoms with Crippen LogP contribution in [0, 0.1) is 10.5 Å². The molecule has 0 saturated carbocycles. The lowest BCUT2D eigenvalue weighted by Crippen LogP contribution is -2.25. The van der Waals surface area contributed by atoms with Crippen LogP contribution >= 0.6 is 22.6 Å². The summed E-state index contributed by atoms with van der Waals surface area (Å²) in [6, 6.07) is 0. The molecule has 0 saturated heterocycles. The molecular formula is C9H13IN2O. The Morgan fingerprint density at radius 2 is 2.31 bits per heavy atom. The van der Waals surface area contributed by atoms with E-state index in [0.29, 0.717) is 3.57 Å². The maximum atomic E-state index is 11.6. The molecule has 0 aliphatic carbocycles. The minimum atomic E-state index is 0.0848. The molecule has 0 amide bonds. The van der Waals surface area contributed by atoms with Crippen molar-refractivity contribution in [2.24, 2.45) is 0 Å². The number of nitrogens with zero attached hydrogens (tertiary/aromatic N) is 2. The van der Waals surface area contributed by atoms with E-state index in [1.165, 1.54) is 0 Å². The summed E-state index contributed by atoms with van der Waals surface area (Å²) in [5, 5.41) is 0. The molecule has 1 aromatic rings. The lowest BCUT2D eigenvalue weighted by atomic mass is 10.3. The van der Waals surface area contributed by atoms with Gasteiger partial charge in [-0.15, -0.1) is 0 Å². The molecule has 1 rings (SSSR count). The zero-order chi connectivity index (χ0) is 9.84. The van der Waals surface area contributed by atoms with E-state index < -0.39 is 0 Å². The smallest absolute Gasteiger partial charge is 0.266 e. The van der Waals surface area contributed by atoms with Crippen LogP contribution in [-0.2, 0) is 6.54 Å². The average Bonchev–Trinajstić information content (AvgIpc) is 2.12. The fourth-order valence-electron chi connectivity index (χ4n) is 1.13. The second-order valence-corrected chi connectivity index (χ2v) is 4.13. The fourth-order valence-corrected chi connectivity index (χ4v) is 1.56. The third-order valence-corrected chi connectivity index (χ3v) is 2.68. The van der Waals surface area contributed by atoms with Crippen molar-refractivity contribution >= 4 is 22.6 Å². The maximum Gasteiger partial charge on any atom is 0.266 e. The predicted octanol–water partition coefficient (Wildman–Crippen LogP) is 1.96. The highest BCUT2D eigenvalue weighted by Gasteiger charge is 2.03. The van der Waals surface area contributed by atoms with Gasteiger partial charge < -0.3 is 0 Å². The lowest BCUT2D eigenvalue weighted by Gasteiger charge is -2.07. The van der Waals surface area contributed by atoms with Crippen molar-refractivity contribution in [3.05, 3.63) is 25.9 Å². The van der Waals surface area contributed by atoms with Gasteiger partial charge in [0.25, 0.3) is 5.56 Å². The molecule has 1 aromatic heterocycles. The predicted molar refractivity (Wildman–Crippen MR) is 60.9 cm³/mol. The summed E-state index contributed by atoms with van der Waals surface area (Å²) < 4.78 is 2.44. The minimum absolute atomic E-state index is 0.0848. The Bertz CT molecular complexity index is 346. The Kier molecular flexibility index (Phi) is 3.90. The number of hydrogen-bond acceptors (Lipinski definition) is 2. The van der Waals surface area contributed by atoms with Crippen molar-refractivity contribution in [2.45, 2.75) is 33.2 Å². The number of aryl methyl sites for hydroxylation is 1. The number of rotatable bonds is 3. The monoisotopic (exact) mass is 292 g/mol. The third-order valence-electron chi connectivity index (χ3n) is 1.94. The van der Waals surface area contributed by atoms with Crippen molar-refractivity contribution in [1.82, 2.24) is 9.55 Å². The SMILES string of the molecule is CCCCn1c(C)ncc(I)c1=O. The van der Waals surface area contributed by atoms with E-state index >= 15 is 0 Å². The third kappa shape index (κ3) is 2.52. The Balaban J connectivity index is 3.03. The molecule has 1 heterocycles. The van der Waals surface area contributed by atoms with Crippen LogP contribution in [0.15, 0.2) is 11.0 Å². The number of hydrogen-bond donors (Lipinski definition) is 0. The average molecular weight is 292 g/mol. The molecular weight excluding hydrogens is 279 g/mol. The summed E-state index contributed by atoms with van der Waals surface area (Å²) in [5.41, 5.74) is 0.0848. The molecule has 0 bridgehead atoms. The molecule has 0 unspecified atom stereocenters. The van der Waals surface area contributed by atoms with E-state index in [1.54, 1.807) is 10.8 Å². The molecule has 0 atom stereocenters. The second-order valence-electron chi connectivity index (χ2n) is 2.96. The van der Waals surface area contributed by atoms with Crippen LogP contribution in [0.1, 0.15) is 25.6 Å². The van der Waals surface area contributed by atoms with Gasteiger partial charge in [0.15, 0.2) is 0 Å². The van der Waals surface area contributed by atoms with Crippen LogP contribution in [0.25, 0.3) is 0 Å². The standard InChI is InChI=1S/C9H13IN2O/c1-3-4-5-12-7(2)11-6-8(10)9(12)13/h6H,3-5H2,1-2H3. The van der Waals surface area contributed by atoms with Crippen LogP contribution in [-0.4, -0.2) is 9.55 Å². The zero-order valence-electron chi connectivity index (χ0n) is 7.88. The summed E-state index contributed by atoms with van der Waals surface area (Å²) in [4.78, 5) is 15.8. The van der Waals surface area contributed by atoms with Gasteiger partial charge in [-0.3, -0.25) is 9.36 Å². The first-order valence-electron chi connectivity index (χ1n) is 4.38. The molecule has 3 nitrogen and oxygen atoms in total. The van der Waals surface area contributed by atoms with Crippen LogP contribution in [0.4, 0.5) is 0 Å². The van der Waals surface area contributed by atoms with Gasteiger partial charge in [0.05, 0.1) is 3.57 Å². The second kappa shape index (κ2) is 4.74.